The fourth-order valence-corrected chi connectivity index (χ4v) is 1.43. The van der Waals surface area contributed by atoms with Crippen molar-refractivity contribution in [2.45, 2.75) is 26.3 Å². The first-order chi connectivity index (χ1) is 8.69. The number of carbonyl (C=O) groups excluding carboxylic acids is 1. The predicted molar refractivity (Wildman–Crippen MR) is 72.0 cm³/mol. The van der Waals surface area contributed by atoms with Crippen molar-refractivity contribution in [3.05, 3.63) is 17.8 Å². The van der Waals surface area contributed by atoms with Gasteiger partial charge in [0.15, 0.2) is 0 Å². The van der Waals surface area contributed by atoms with Crippen LogP contribution in [0.3, 0.4) is 0 Å². The maximum absolute atomic E-state index is 11.6. The number of nitrogens with two attached hydrogens (primary N) is 1. The van der Waals surface area contributed by atoms with E-state index < -0.39 is 5.97 Å². The van der Waals surface area contributed by atoms with Crippen LogP contribution in [0.5, 0.6) is 0 Å². The Bertz CT molecular complexity index is 494. The normalized spacial score (nSPS) is 10.9. The van der Waals surface area contributed by atoms with Gasteiger partial charge in [-0.25, -0.2) is 9.78 Å². The van der Waals surface area contributed by atoms with E-state index in [-0.39, 0.29) is 35.1 Å². The lowest BCUT2D eigenvalue weighted by molar-refractivity contribution is -0.120. The van der Waals surface area contributed by atoms with E-state index in [4.69, 9.17) is 10.8 Å². The van der Waals surface area contributed by atoms with Crippen LogP contribution in [0, 0.1) is 0 Å². The number of rotatable bonds is 4. The van der Waals surface area contributed by atoms with Crippen molar-refractivity contribution < 1.29 is 14.7 Å². The summed E-state index contributed by atoms with van der Waals surface area (Å²) in [5, 5.41) is 14.5. The minimum Gasteiger partial charge on any atom is -0.478 e. The standard InChI is InChI=1S/C12H18N4O3/c1-12(2,3)16-10(17)6-14-8-5-15-9(13)4-7(8)11(18)19/h4-5,14H,6H2,1-3H3,(H2,13,15)(H,16,17)(H,18,19). The summed E-state index contributed by atoms with van der Waals surface area (Å²) in [6, 6.07) is 1.24. The van der Waals surface area contributed by atoms with Crippen molar-refractivity contribution in [3.8, 4) is 0 Å². The van der Waals surface area contributed by atoms with Gasteiger partial charge in [-0.2, -0.15) is 0 Å². The molecular formula is C12H18N4O3. The fourth-order valence-electron chi connectivity index (χ4n) is 1.43. The molecule has 0 atom stereocenters. The van der Waals surface area contributed by atoms with Gasteiger partial charge in [-0.05, 0) is 26.8 Å². The topological polar surface area (TPSA) is 117 Å². The molecule has 104 valence electrons. The molecule has 1 heterocycles. The Morgan fingerprint density at radius 1 is 1.42 bits per heavy atom. The molecule has 19 heavy (non-hydrogen) atoms. The summed E-state index contributed by atoms with van der Waals surface area (Å²) in [5.41, 5.74) is 5.32. The van der Waals surface area contributed by atoms with Crippen molar-refractivity contribution in [1.82, 2.24) is 10.3 Å². The fraction of sp³-hybridized carbons (Fsp3) is 0.417. The lowest BCUT2D eigenvalue weighted by atomic mass is 10.1. The molecule has 0 aliphatic rings. The second-order valence-corrected chi connectivity index (χ2v) is 5.11. The molecule has 0 spiro atoms. The van der Waals surface area contributed by atoms with Crippen LogP contribution >= 0.6 is 0 Å². The summed E-state index contributed by atoms with van der Waals surface area (Å²) in [7, 11) is 0. The van der Waals surface area contributed by atoms with E-state index in [9.17, 15) is 9.59 Å². The quantitative estimate of drug-likeness (QED) is 0.637. The maximum Gasteiger partial charge on any atom is 0.337 e. The summed E-state index contributed by atoms with van der Waals surface area (Å²) in [6.45, 7) is 5.54. The van der Waals surface area contributed by atoms with Gasteiger partial charge in [-0.15, -0.1) is 0 Å². The van der Waals surface area contributed by atoms with Crippen molar-refractivity contribution in [2.24, 2.45) is 0 Å². The third kappa shape index (κ3) is 4.82. The second-order valence-electron chi connectivity index (χ2n) is 5.11. The Morgan fingerprint density at radius 3 is 2.58 bits per heavy atom. The van der Waals surface area contributed by atoms with Crippen LogP contribution in [0.15, 0.2) is 12.3 Å². The predicted octanol–water partition coefficient (Wildman–Crippen LogP) is 0.689. The number of anilines is 2. The summed E-state index contributed by atoms with van der Waals surface area (Å²) < 4.78 is 0. The van der Waals surface area contributed by atoms with Crippen LogP contribution < -0.4 is 16.4 Å². The molecule has 1 aromatic heterocycles. The summed E-state index contributed by atoms with van der Waals surface area (Å²) in [5.74, 6) is -1.25. The van der Waals surface area contributed by atoms with Gasteiger partial charge in [-0.1, -0.05) is 0 Å². The van der Waals surface area contributed by atoms with Crippen LogP contribution in [0.2, 0.25) is 0 Å². The third-order valence-electron chi connectivity index (χ3n) is 2.11. The number of pyridine rings is 1. The lowest BCUT2D eigenvalue weighted by Gasteiger charge is -2.20. The monoisotopic (exact) mass is 266 g/mol. The zero-order valence-electron chi connectivity index (χ0n) is 11.2. The Morgan fingerprint density at radius 2 is 2.05 bits per heavy atom. The van der Waals surface area contributed by atoms with Crippen molar-refractivity contribution in [3.63, 3.8) is 0 Å². The van der Waals surface area contributed by atoms with Crippen LogP contribution in [-0.4, -0.2) is 34.1 Å². The summed E-state index contributed by atoms with van der Waals surface area (Å²) in [4.78, 5) is 26.4. The number of nitrogen functional groups attached to an aromatic ring is 1. The molecule has 5 N–H and O–H groups in total. The zero-order valence-corrected chi connectivity index (χ0v) is 11.2. The molecule has 0 radical (unpaired) electrons. The minimum absolute atomic E-state index is 0.0175. The Kier molecular flexibility index (Phi) is 4.31. The van der Waals surface area contributed by atoms with Gasteiger partial charge in [0.1, 0.15) is 5.82 Å². The van der Waals surface area contributed by atoms with Gasteiger partial charge in [0.25, 0.3) is 0 Å². The van der Waals surface area contributed by atoms with E-state index in [1.54, 1.807) is 0 Å². The number of hydrogen-bond donors (Lipinski definition) is 4. The zero-order chi connectivity index (χ0) is 14.6. The Labute approximate surface area is 111 Å². The van der Waals surface area contributed by atoms with Gasteiger partial charge in [0, 0.05) is 5.54 Å². The number of aromatic nitrogens is 1. The molecule has 0 fully saturated rings. The lowest BCUT2D eigenvalue weighted by Crippen LogP contribution is -2.43. The Hall–Kier alpha value is -2.31. The number of amides is 1. The van der Waals surface area contributed by atoms with Crippen molar-refractivity contribution in [1.29, 1.82) is 0 Å². The largest absolute Gasteiger partial charge is 0.478 e. The molecule has 0 bridgehead atoms. The molecule has 1 rings (SSSR count). The SMILES string of the molecule is CC(C)(C)NC(=O)CNc1cnc(N)cc1C(=O)O. The molecule has 7 heteroatoms. The molecule has 0 saturated heterocycles. The molecular weight excluding hydrogens is 248 g/mol. The highest BCUT2D eigenvalue weighted by molar-refractivity contribution is 5.95. The molecule has 0 aliphatic carbocycles. The average Bonchev–Trinajstić information content (AvgIpc) is 2.24. The number of carboxylic acids is 1. The number of aromatic carboxylic acids is 1. The van der Waals surface area contributed by atoms with Crippen LogP contribution in [0.4, 0.5) is 11.5 Å². The van der Waals surface area contributed by atoms with E-state index in [0.717, 1.165) is 0 Å². The first-order valence-electron chi connectivity index (χ1n) is 5.73. The van der Waals surface area contributed by atoms with E-state index in [1.165, 1.54) is 12.3 Å². The molecule has 1 amide bonds. The van der Waals surface area contributed by atoms with Crippen LogP contribution in [-0.2, 0) is 4.79 Å². The van der Waals surface area contributed by atoms with E-state index >= 15 is 0 Å². The molecule has 0 aromatic carbocycles. The number of carbonyl (C=O) groups is 2. The smallest absolute Gasteiger partial charge is 0.337 e. The van der Waals surface area contributed by atoms with E-state index in [1.807, 2.05) is 20.8 Å². The molecule has 0 aliphatic heterocycles. The highest BCUT2D eigenvalue weighted by atomic mass is 16.4. The van der Waals surface area contributed by atoms with Gasteiger partial charge in [0.05, 0.1) is 24.0 Å². The van der Waals surface area contributed by atoms with Crippen molar-refractivity contribution in [2.75, 3.05) is 17.6 Å². The summed E-state index contributed by atoms with van der Waals surface area (Å²) >= 11 is 0. The number of nitrogens with zero attached hydrogens (tertiary/aromatic N) is 1. The third-order valence-corrected chi connectivity index (χ3v) is 2.11. The number of nitrogens with one attached hydrogen (secondary N) is 2. The first-order valence-corrected chi connectivity index (χ1v) is 5.73. The highest BCUT2D eigenvalue weighted by Crippen LogP contribution is 2.16. The highest BCUT2D eigenvalue weighted by Gasteiger charge is 2.15. The molecule has 0 unspecified atom stereocenters. The minimum atomic E-state index is -1.13. The van der Waals surface area contributed by atoms with Crippen molar-refractivity contribution >= 4 is 23.4 Å². The van der Waals surface area contributed by atoms with Gasteiger partial charge in [0.2, 0.25) is 5.91 Å². The maximum atomic E-state index is 11.6. The van der Waals surface area contributed by atoms with Crippen LogP contribution in [0.1, 0.15) is 31.1 Å². The Balaban J connectivity index is 2.73. The van der Waals surface area contributed by atoms with E-state index in [2.05, 4.69) is 15.6 Å². The van der Waals surface area contributed by atoms with Gasteiger partial charge in [-0.3, -0.25) is 4.79 Å². The first kappa shape index (κ1) is 14.7. The number of carboxylic acid groups (broad SMARTS) is 1. The molecule has 0 saturated carbocycles. The van der Waals surface area contributed by atoms with Gasteiger partial charge >= 0.3 is 5.97 Å². The molecule has 1 aromatic rings. The summed E-state index contributed by atoms with van der Waals surface area (Å²) in [6.07, 6.45) is 1.29. The van der Waals surface area contributed by atoms with Gasteiger partial charge < -0.3 is 21.5 Å². The molecule has 7 nitrogen and oxygen atoms in total. The van der Waals surface area contributed by atoms with E-state index in [0.29, 0.717) is 0 Å². The second kappa shape index (κ2) is 5.55. The number of hydrogen-bond acceptors (Lipinski definition) is 5. The van der Waals surface area contributed by atoms with Crippen LogP contribution in [0.25, 0.3) is 0 Å². The average molecular weight is 266 g/mol.